The topological polar surface area (TPSA) is 84.1 Å². The van der Waals surface area contributed by atoms with E-state index in [1.54, 1.807) is 25.1 Å². The predicted octanol–water partition coefficient (Wildman–Crippen LogP) is 2.77. The summed E-state index contributed by atoms with van der Waals surface area (Å²) in [5.41, 5.74) is 2.02. The fourth-order valence-corrected chi connectivity index (χ4v) is 3.37. The van der Waals surface area contributed by atoms with Gasteiger partial charge in [0, 0.05) is 23.1 Å². The van der Waals surface area contributed by atoms with Crippen molar-refractivity contribution in [3.8, 4) is 11.1 Å². The maximum Gasteiger partial charge on any atom is 0.213 e. The summed E-state index contributed by atoms with van der Waals surface area (Å²) >= 11 is 0. The molecule has 0 saturated heterocycles. The van der Waals surface area contributed by atoms with Gasteiger partial charge in [-0.3, -0.25) is 0 Å². The van der Waals surface area contributed by atoms with Crippen LogP contribution >= 0.6 is 0 Å². The molecule has 6 nitrogen and oxygen atoms in total. The van der Waals surface area contributed by atoms with Crippen molar-refractivity contribution in [3.05, 3.63) is 47.5 Å². The molecule has 0 N–H and O–H groups in total. The number of amidine groups is 1. The molecule has 0 bridgehead atoms. The van der Waals surface area contributed by atoms with Gasteiger partial charge in [0.2, 0.25) is 5.95 Å². The first-order valence-corrected chi connectivity index (χ1v) is 8.66. The first kappa shape index (κ1) is 15.4. The summed E-state index contributed by atoms with van der Waals surface area (Å²) in [6.07, 6.45) is 1.12. The molecule has 0 radical (unpaired) electrons. The molecule has 0 saturated carbocycles. The van der Waals surface area contributed by atoms with Crippen LogP contribution in [0.4, 0.5) is 4.39 Å². The highest BCUT2D eigenvalue weighted by Gasteiger charge is 2.23. The minimum absolute atomic E-state index is 0.110. The average molecular weight is 332 g/mol. The average Bonchev–Trinajstić information content (AvgIpc) is 2.99. The number of benzene rings is 1. The van der Waals surface area contributed by atoms with Crippen LogP contribution in [-0.4, -0.2) is 32.2 Å². The van der Waals surface area contributed by atoms with E-state index in [4.69, 9.17) is 0 Å². The Morgan fingerprint density at radius 1 is 1.13 bits per heavy atom. The third kappa shape index (κ3) is 2.89. The third-order valence-corrected chi connectivity index (χ3v) is 4.58. The van der Waals surface area contributed by atoms with Crippen molar-refractivity contribution in [2.24, 2.45) is 15.2 Å². The lowest BCUT2D eigenvalue weighted by molar-refractivity contribution is 0.580. The Bertz CT molecular complexity index is 952. The van der Waals surface area contributed by atoms with Gasteiger partial charge < -0.3 is 0 Å². The number of sulfone groups is 1. The molecule has 2 aromatic rings. The van der Waals surface area contributed by atoms with Gasteiger partial charge in [-0.2, -0.15) is 9.50 Å². The van der Waals surface area contributed by atoms with Gasteiger partial charge in [-0.15, -0.1) is 5.11 Å². The molecule has 0 unspecified atom stereocenters. The molecule has 0 aliphatic carbocycles. The molecular formula is C15H13FN4O2S. The lowest BCUT2D eigenvalue weighted by Crippen LogP contribution is -2.09. The smallest absolute Gasteiger partial charge is 0.213 e. The van der Waals surface area contributed by atoms with Gasteiger partial charge in [0.1, 0.15) is 0 Å². The molecule has 23 heavy (non-hydrogen) atoms. The Morgan fingerprint density at radius 3 is 2.52 bits per heavy atom. The number of nitrogens with zero attached hydrogens (tertiary/aromatic N) is 4. The van der Waals surface area contributed by atoms with Crippen molar-refractivity contribution in [2.75, 3.05) is 12.9 Å². The van der Waals surface area contributed by atoms with Crippen LogP contribution in [0.15, 0.2) is 50.4 Å². The summed E-state index contributed by atoms with van der Waals surface area (Å²) in [6, 6.07) is 7.66. The van der Waals surface area contributed by atoms with Gasteiger partial charge >= 0.3 is 0 Å². The number of halogens is 1. The SMILES string of the molecule is Cc1nc(F)ccc1-c1cccc(S(C)(=O)=O)c1C1=NCN=N1. The first-order valence-electron chi connectivity index (χ1n) is 6.77. The molecule has 0 amide bonds. The zero-order chi connectivity index (χ0) is 16.6. The number of aromatic nitrogens is 1. The van der Waals surface area contributed by atoms with Gasteiger partial charge in [-0.1, -0.05) is 12.1 Å². The Hall–Kier alpha value is -2.48. The Balaban J connectivity index is 2.35. The van der Waals surface area contributed by atoms with Crippen LogP contribution in [0.3, 0.4) is 0 Å². The second-order valence-corrected chi connectivity index (χ2v) is 7.07. The minimum Gasteiger partial charge on any atom is -0.239 e. The third-order valence-electron chi connectivity index (χ3n) is 3.44. The first-order chi connectivity index (χ1) is 10.9. The van der Waals surface area contributed by atoms with E-state index in [0.29, 0.717) is 22.4 Å². The molecule has 8 heteroatoms. The van der Waals surface area contributed by atoms with Crippen molar-refractivity contribution in [1.82, 2.24) is 4.98 Å². The van der Waals surface area contributed by atoms with E-state index in [-0.39, 0.29) is 17.4 Å². The fraction of sp³-hybridized carbons (Fsp3) is 0.200. The molecule has 0 spiro atoms. The van der Waals surface area contributed by atoms with Crippen molar-refractivity contribution in [1.29, 1.82) is 0 Å². The number of aryl methyl sites for hydroxylation is 1. The van der Waals surface area contributed by atoms with Crippen molar-refractivity contribution < 1.29 is 12.8 Å². The van der Waals surface area contributed by atoms with Crippen LogP contribution in [-0.2, 0) is 9.84 Å². The summed E-state index contributed by atoms with van der Waals surface area (Å²) < 4.78 is 37.5. The Kier molecular flexibility index (Phi) is 3.77. The Morgan fingerprint density at radius 2 is 1.91 bits per heavy atom. The van der Waals surface area contributed by atoms with Crippen LogP contribution in [0.25, 0.3) is 11.1 Å². The van der Waals surface area contributed by atoms with Crippen LogP contribution in [0.2, 0.25) is 0 Å². The molecular weight excluding hydrogens is 319 g/mol. The highest BCUT2D eigenvalue weighted by Crippen LogP contribution is 2.32. The lowest BCUT2D eigenvalue weighted by atomic mass is 9.98. The largest absolute Gasteiger partial charge is 0.239 e. The van der Waals surface area contributed by atoms with E-state index in [0.717, 1.165) is 6.26 Å². The number of rotatable bonds is 3. The molecule has 1 aliphatic heterocycles. The van der Waals surface area contributed by atoms with Gasteiger partial charge in [-0.05, 0) is 30.7 Å². The zero-order valence-corrected chi connectivity index (χ0v) is 13.3. The molecule has 2 heterocycles. The normalized spacial score (nSPS) is 14.1. The van der Waals surface area contributed by atoms with Crippen molar-refractivity contribution in [3.63, 3.8) is 0 Å². The Labute approximate surface area is 132 Å². The maximum absolute atomic E-state index is 13.3. The van der Waals surface area contributed by atoms with E-state index < -0.39 is 15.8 Å². The standard InChI is InChI=1S/C15H13FN4O2S/c1-9-10(6-7-13(16)19-9)11-4-3-5-12(23(2,21)22)14(11)15-17-8-18-20-15/h3-7H,8H2,1-2H3. The van der Waals surface area contributed by atoms with Gasteiger partial charge in [0.25, 0.3) is 0 Å². The molecule has 118 valence electrons. The fourth-order valence-electron chi connectivity index (χ4n) is 2.47. The van der Waals surface area contributed by atoms with E-state index in [9.17, 15) is 12.8 Å². The summed E-state index contributed by atoms with van der Waals surface area (Å²) in [4.78, 5) is 8.05. The maximum atomic E-state index is 13.3. The summed E-state index contributed by atoms with van der Waals surface area (Å²) in [6.45, 7) is 1.82. The monoisotopic (exact) mass is 332 g/mol. The number of aliphatic imine (C=N–C) groups is 1. The molecule has 1 aromatic heterocycles. The zero-order valence-electron chi connectivity index (χ0n) is 12.5. The van der Waals surface area contributed by atoms with Gasteiger partial charge in [-0.25, -0.2) is 18.4 Å². The summed E-state index contributed by atoms with van der Waals surface area (Å²) in [5.74, 6) is -0.338. The van der Waals surface area contributed by atoms with Gasteiger partial charge in [0.05, 0.1) is 4.90 Å². The second kappa shape index (κ2) is 5.62. The predicted molar refractivity (Wildman–Crippen MR) is 83.7 cm³/mol. The second-order valence-electron chi connectivity index (χ2n) is 5.08. The number of hydrogen-bond donors (Lipinski definition) is 0. The van der Waals surface area contributed by atoms with E-state index >= 15 is 0 Å². The highest BCUT2D eigenvalue weighted by molar-refractivity contribution is 7.90. The number of pyridine rings is 1. The highest BCUT2D eigenvalue weighted by atomic mass is 32.2. The number of azo groups is 1. The molecule has 0 atom stereocenters. The van der Waals surface area contributed by atoms with Crippen LogP contribution in [0.5, 0.6) is 0 Å². The summed E-state index contributed by atoms with van der Waals surface area (Å²) in [5, 5.41) is 7.72. The van der Waals surface area contributed by atoms with Gasteiger partial charge in [0.15, 0.2) is 22.3 Å². The van der Waals surface area contributed by atoms with Crippen LogP contribution in [0.1, 0.15) is 11.3 Å². The van der Waals surface area contributed by atoms with E-state index in [2.05, 4.69) is 20.2 Å². The van der Waals surface area contributed by atoms with Crippen LogP contribution < -0.4 is 0 Å². The number of hydrogen-bond acceptors (Lipinski definition) is 6. The molecule has 3 rings (SSSR count). The van der Waals surface area contributed by atoms with E-state index in [1.807, 2.05) is 0 Å². The molecule has 1 aliphatic rings. The van der Waals surface area contributed by atoms with Crippen LogP contribution in [0, 0.1) is 12.9 Å². The summed E-state index contributed by atoms with van der Waals surface area (Å²) in [7, 11) is -3.50. The van der Waals surface area contributed by atoms with E-state index in [1.165, 1.54) is 12.1 Å². The lowest BCUT2D eigenvalue weighted by Gasteiger charge is -2.13. The minimum atomic E-state index is -3.50. The van der Waals surface area contributed by atoms with Crippen molar-refractivity contribution in [2.45, 2.75) is 11.8 Å². The molecule has 1 aromatic carbocycles. The molecule has 0 fully saturated rings. The quantitative estimate of drug-likeness (QED) is 0.810. The van der Waals surface area contributed by atoms with Crippen molar-refractivity contribution >= 4 is 15.7 Å².